The van der Waals surface area contributed by atoms with Crippen molar-refractivity contribution in [2.75, 3.05) is 5.32 Å². The van der Waals surface area contributed by atoms with E-state index in [-0.39, 0.29) is 12.1 Å². The molecule has 3 heterocycles. The lowest BCUT2D eigenvalue weighted by Crippen LogP contribution is -2.36. The van der Waals surface area contributed by atoms with E-state index in [2.05, 4.69) is 27.3 Å². The second kappa shape index (κ2) is 9.26. The molecule has 1 aliphatic rings. The van der Waals surface area contributed by atoms with Crippen LogP contribution in [0.2, 0.25) is 0 Å². The monoisotopic (exact) mass is 449 g/mol. The van der Waals surface area contributed by atoms with Crippen LogP contribution in [-0.4, -0.2) is 37.0 Å². The molecule has 1 aliphatic carbocycles. The molecule has 32 heavy (non-hydrogen) atoms. The van der Waals surface area contributed by atoms with Gasteiger partial charge in [0.15, 0.2) is 5.13 Å². The first-order chi connectivity index (χ1) is 15.7. The van der Waals surface area contributed by atoms with Crippen molar-refractivity contribution in [3.05, 3.63) is 48.9 Å². The minimum atomic E-state index is -0.301. The van der Waals surface area contributed by atoms with Crippen molar-refractivity contribution in [1.29, 1.82) is 0 Å². The van der Waals surface area contributed by atoms with Crippen LogP contribution in [0.3, 0.4) is 0 Å². The fraction of sp³-hybridized carbons (Fsp3) is 0.375. The number of hydrogen-bond acceptors (Lipinski definition) is 7. The third-order valence-corrected chi connectivity index (χ3v) is 6.70. The standard InChI is InChI=1S/C24H27N5O2S/c1-2-11-29-15-16(14-26-29)21-12-18(9-10-25-21)31-17-7-8-20-23(13-17)32-24(28-20)27-19-5-3-4-6-22(19)30/h7-10,12-15,19,22,30H,2-6,11H2,1H3,(H,27,28)/t19-,22-/m1/s1. The molecular weight excluding hydrogens is 422 g/mol. The lowest BCUT2D eigenvalue weighted by molar-refractivity contribution is 0.116. The van der Waals surface area contributed by atoms with Gasteiger partial charge in [0.1, 0.15) is 11.5 Å². The molecule has 0 bridgehead atoms. The van der Waals surface area contributed by atoms with Crippen molar-refractivity contribution < 1.29 is 9.84 Å². The smallest absolute Gasteiger partial charge is 0.184 e. The highest BCUT2D eigenvalue weighted by Gasteiger charge is 2.23. The number of thiazole rings is 1. The van der Waals surface area contributed by atoms with E-state index in [1.807, 2.05) is 47.4 Å². The number of hydrogen-bond donors (Lipinski definition) is 2. The molecule has 5 rings (SSSR count). The van der Waals surface area contributed by atoms with E-state index in [4.69, 9.17) is 4.74 Å². The van der Waals surface area contributed by atoms with Crippen LogP contribution in [0.25, 0.3) is 21.5 Å². The number of anilines is 1. The number of nitrogens with zero attached hydrogens (tertiary/aromatic N) is 4. The number of aliphatic hydroxyl groups excluding tert-OH is 1. The van der Waals surface area contributed by atoms with Crippen LogP contribution < -0.4 is 10.1 Å². The maximum absolute atomic E-state index is 10.2. The molecule has 1 saturated carbocycles. The SMILES string of the molecule is CCCn1cc(-c2cc(Oc3ccc4nc(N[C@@H]5CCCC[C@H]5O)sc4c3)ccn2)cn1. The van der Waals surface area contributed by atoms with Crippen molar-refractivity contribution in [2.45, 2.75) is 57.7 Å². The fourth-order valence-electron chi connectivity index (χ4n) is 4.08. The molecule has 4 aromatic rings. The van der Waals surface area contributed by atoms with E-state index in [1.165, 1.54) is 0 Å². The summed E-state index contributed by atoms with van der Waals surface area (Å²) in [7, 11) is 0. The van der Waals surface area contributed by atoms with Gasteiger partial charge in [0.25, 0.3) is 0 Å². The quantitative estimate of drug-likeness (QED) is 0.389. The Bertz CT molecular complexity index is 1200. The van der Waals surface area contributed by atoms with Gasteiger partial charge in [-0.1, -0.05) is 31.1 Å². The molecule has 2 atom stereocenters. The maximum Gasteiger partial charge on any atom is 0.184 e. The zero-order chi connectivity index (χ0) is 21.9. The number of aromatic nitrogens is 4. The van der Waals surface area contributed by atoms with Crippen LogP contribution >= 0.6 is 11.3 Å². The Labute approximate surface area is 191 Å². The first-order valence-electron chi connectivity index (χ1n) is 11.2. The van der Waals surface area contributed by atoms with E-state index in [0.29, 0.717) is 0 Å². The molecule has 1 aromatic carbocycles. The highest BCUT2D eigenvalue weighted by atomic mass is 32.1. The van der Waals surface area contributed by atoms with E-state index in [0.717, 1.165) is 76.8 Å². The van der Waals surface area contributed by atoms with Crippen LogP contribution in [0.4, 0.5) is 5.13 Å². The molecule has 1 fully saturated rings. The van der Waals surface area contributed by atoms with Gasteiger partial charge < -0.3 is 15.2 Å². The Kier molecular flexibility index (Phi) is 6.05. The Hall–Kier alpha value is -2.97. The first-order valence-corrected chi connectivity index (χ1v) is 12.0. The van der Waals surface area contributed by atoms with Crippen LogP contribution in [0.5, 0.6) is 11.5 Å². The molecule has 0 saturated heterocycles. The van der Waals surface area contributed by atoms with E-state index >= 15 is 0 Å². The number of aliphatic hydroxyl groups is 1. The highest BCUT2D eigenvalue weighted by Crippen LogP contribution is 2.33. The lowest BCUT2D eigenvalue weighted by atomic mass is 9.93. The second-order valence-electron chi connectivity index (χ2n) is 8.22. The molecule has 7 nitrogen and oxygen atoms in total. The van der Waals surface area contributed by atoms with Gasteiger partial charge in [-0.2, -0.15) is 5.10 Å². The molecule has 0 spiro atoms. The summed E-state index contributed by atoms with van der Waals surface area (Å²) in [6, 6.07) is 9.78. The Morgan fingerprint density at radius 3 is 2.94 bits per heavy atom. The van der Waals surface area contributed by atoms with Gasteiger partial charge >= 0.3 is 0 Å². The highest BCUT2D eigenvalue weighted by molar-refractivity contribution is 7.22. The average Bonchev–Trinajstić information content (AvgIpc) is 3.42. The van der Waals surface area contributed by atoms with Crippen LogP contribution in [0, 0.1) is 0 Å². The van der Waals surface area contributed by atoms with E-state index in [1.54, 1.807) is 17.5 Å². The number of fused-ring (bicyclic) bond motifs is 1. The summed E-state index contributed by atoms with van der Waals surface area (Å²) in [6.45, 7) is 3.02. The van der Waals surface area contributed by atoms with Crippen LogP contribution in [0.1, 0.15) is 39.0 Å². The second-order valence-corrected chi connectivity index (χ2v) is 9.25. The minimum absolute atomic E-state index is 0.0805. The van der Waals surface area contributed by atoms with E-state index < -0.39 is 0 Å². The Morgan fingerprint density at radius 1 is 1.19 bits per heavy atom. The van der Waals surface area contributed by atoms with Gasteiger partial charge in [-0.3, -0.25) is 9.67 Å². The average molecular weight is 450 g/mol. The molecule has 8 heteroatoms. The lowest BCUT2D eigenvalue weighted by Gasteiger charge is -2.27. The van der Waals surface area contributed by atoms with Gasteiger partial charge in [0, 0.05) is 36.6 Å². The van der Waals surface area contributed by atoms with Gasteiger partial charge in [-0.15, -0.1) is 0 Å². The number of aryl methyl sites for hydroxylation is 1. The summed E-state index contributed by atoms with van der Waals surface area (Å²) in [4.78, 5) is 9.15. The topological polar surface area (TPSA) is 85.1 Å². The van der Waals surface area contributed by atoms with Gasteiger partial charge in [0.2, 0.25) is 0 Å². The van der Waals surface area contributed by atoms with Gasteiger partial charge in [-0.25, -0.2) is 4.98 Å². The molecule has 2 N–H and O–H groups in total. The third kappa shape index (κ3) is 4.61. The zero-order valence-corrected chi connectivity index (χ0v) is 18.9. The number of pyridine rings is 1. The molecular formula is C24H27N5O2S. The summed E-state index contributed by atoms with van der Waals surface area (Å²) >= 11 is 1.59. The van der Waals surface area contributed by atoms with Crippen molar-refractivity contribution in [2.24, 2.45) is 0 Å². The number of rotatable bonds is 7. The zero-order valence-electron chi connectivity index (χ0n) is 18.1. The summed E-state index contributed by atoms with van der Waals surface area (Å²) in [6.07, 6.45) is 10.4. The summed E-state index contributed by atoms with van der Waals surface area (Å²) in [5, 5.41) is 18.9. The molecule has 3 aromatic heterocycles. The van der Waals surface area contributed by atoms with E-state index in [9.17, 15) is 5.11 Å². The normalized spacial score (nSPS) is 18.7. The number of nitrogens with one attached hydrogen (secondary N) is 1. The summed E-state index contributed by atoms with van der Waals surface area (Å²) in [5.41, 5.74) is 2.73. The first kappa shape index (κ1) is 20.9. The van der Waals surface area contributed by atoms with Crippen molar-refractivity contribution in [1.82, 2.24) is 19.7 Å². The van der Waals surface area contributed by atoms with Gasteiger partial charge in [-0.05, 0) is 37.5 Å². The molecule has 166 valence electrons. The number of ether oxygens (including phenoxy) is 1. The molecule has 0 unspecified atom stereocenters. The Balaban J connectivity index is 1.31. The van der Waals surface area contributed by atoms with Gasteiger partial charge in [0.05, 0.1) is 34.3 Å². The Morgan fingerprint density at radius 2 is 2.06 bits per heavy atom. The fourth-order valence-corrected chi connectivity index (χ4v) is 5.04. The maximum atomic E-state index is 10.2. The molecule has 0 aliphatic heterocycles. The summed E-state index contributed by atoms with van der Waals surface area (Å²) < 4.78 is 9.11. The van der Waals surface area contributed by atoms with Crippen LogP contribution in [0.15, 0.2) is 48.9 Å². The predicted molar refractivity (Wildman–Crippen MR) is 127 cm³/mol. The molecule has 0 radical (unpaired) electrons. The van der Waals surface area contributed by atoms with Crippen molar-refractivity contribution >= 4 is 26.7 Å². The predicted octanol–water partition coefficient (Wildman–Crippen LogP) is 5.47. The largest absolute Gasteiger partial charge is 0.457 e. The summed E-state index contributed by atoms with van der Waals surface area (Å²) in [5.74, 6) is 1.48. The third-order valence-electron chi connectivity index (χ3n) is 5.75. The van der Waals surface area contributed by atoms with Crippen LogP contribution in [-0.2, 0) is 6.54 Å². The van der Waals surface area contributed by atoms with Crippen molar-refractivity contribution in [3.63, 3.8) is 0 Å². The minimum Gasteiger partial charge on any atom is -0.457 e. The molecule has 0 amide bonds. The number of benzene rings is 1. The van der Waals surface area contributed by atoms with Crippen molar-refractivity contribution in [3.8, 4) is 22.8 Å².